The summed E-state index contributed by atoms with van der Waals surface area (Å²) in [4.78, 5) is 9.71. The van der Waals surface area contributed by atoms with Crippen LogP contribution in [0.15, 0.2) is 69.2 Å². The second-order valence-electron chi connectivity index (χ2n) is 6.90. The van der Waals surface area contributed by atoms with E-state index >= 15 is 0 Å². The van der Waals surface area contributed by atoms with E-state index in [0.29, 0.717) is 5.92 Å². The number of methoxy groups -OCH3 is 1. The summed E-state index contributed by atoms with van der Waals surface area (Å²) in [6.45, 7) is 4.21. The molecule has 26 heavy (non-hydrogen) atoms. The van der Waals surface area contributed by atoms with E-state index in [4.69, 9.17) is 14.7 Å². The highest BCUT2D eigenvalue weighted by Crippen LogP contribution is 2.33. The first-order valence-electron chi connectivity index (χ1n) is 9.39. The molecule has 0 saturated carbocycles. The Kier molecular flexibility index (Phi) is 6.73. The van der Waals surface area contributed by atoms with Gasteiger partial charge in [-0.2, -0.15) is 0 Å². The summed E-state index contributed by atoms with van der Waals surface area (Å²) < 4.78 is 5.36. The van der Waals surface area contributed by atoms with Crippen molar-refractivity contribution in [3.63, 3.8) is 0 Å². The largest absolute Gasteiger partial charge is 0.497 e. The standard InChI is InChI=1S/C22H28N2OS/c1-16-14-20(25-3)10-7-11-22(23-16)26-15-21-17(2)24-19-9-6-4-5-8-18(21)12-13-19/h4-6,9-10,14,18H,7-8,11-13,15H2,1-3H3. The summed E-state index contributed by atoms with van der Waals surface area (Å²) in [5.74, 6) is 2.48. The Balaban J connectivity index is 1.76. The molecular weight excluding hydrogens is 340 g/mol. The maximum atomic E-state index is 5.36. The Labute approximate surface area is 161 Å². The fourth-order valence-corrected chi connectivity index (χ4v) is 4.76. The number of fused-ring (bicyclic) bond motifs is 3. The molecule has 0 saturated heterocycles. The molecular formula is C22H28N2OS. The Morgan fingerprint density at radius 3 is 2.92 bits per heavy atom. The normalized spacial score (nSPS) is 23.6. The molecule has 3 rings (SSSR count). The van der Waals surface area contributed by atoms with E-state index in [1.165, 1.54) is 28.4 Å². The molecule has 2 heterocycles. The van der Waals surface area contributed by atoms with Gasteiger partial charge in [0.2, 0.25) is 0 Å². The van der Waals surface area contributed by atoms with Crippen LogP contribution in [0.4, 0.5) is 0 Å². The van der Waals surface area contributed by atoms with E-state index in [1.54, 1.807) is 7.11 Å². The second-order valence-corrected chi connectivity index (χ2v) is 7.95. The topological polar surface area (TPSA) is 34.0 Å². The molecule has 0 aromatic rings. The van der Waals surface area contributed by atoms with E-state index in [9.17, 15) is 0 Å². The van der Waals surface area contributed by atoms with E-state index < -0.39 is 0 Å². The predicted octanol–water partition coefficient (Wildman–Crippen LogP) is 5.99. The molecule has 0 amide bonds. The zero-order valence-corrected chi connectivity index (χ0v) is 16.8. The first-order valence-corrected chi connectivity index (χ1v) is 10.4. The fraction of sp³-hybridized carbons (Fsp3) is 0.455. The quantitative estimate of drug-likeness (QED) is 0.613. The van der Waals surface area contributed by atoms with Gasteiger partial charge in [0, 0.05) is 28.9 Å². The molecule has 2 bridgehead atoms. The minimum absolute atomic E-state index is 0.589. The van der Waals surface area contributed by atoms with Crippen LogP contribution >= 0.6 is 11.8 Å². The van der Waals surface area contributed by atoms with Crippen LogP contribution in [-0.4, -0.2) is 23.6 Å². The number of hydrogen-bond donors (Lipinski definition) is 0. The van der Waals surface area contributed by atoms with Gasteiger partial charge in [-0.15, -0.1) is 11.8 Å². The highest BCUT2D eigenvalue weighted by atomic mass is 32.2. The minimum Gasteiger partial charge on any atom is -0.497 e. The highest BCUT2D eigenvalue weighted by molar-refractivity contribution is 8.14. The van der Waals surface area contributed by atoms with Crippen molar-refractivity contribution in [1.29, 1.82) is 0 Å². The molecule has 3 nitrogen and oxygen atoms in total. The summed E-state index contributed by atoms with van der Waals surface area (Å²) in [5, 5.41) is 1.21. The van der Waals surface area contributed by atoms with Crippen molar-refractivity contribution in [1.82, 2.24) is 0 Å². The monoisotopic (exact) mass is 368 g/mol. The van der Waals surface area contributed by atoms with Gasteiger partial charge < -0.3 is 4.74 Å². The lowest BCUT2D eigenvalue weighted by Crippen LogP contribution is -2.09. The summed E-state index contributed by atoms with van der Waals surface area (Å²) in [7, 11) is 1.71. The molecule has 0 spiro atoms. The Bertz CT molecular complexity index is 750. The predicted molar refractivity (Wildman–Crippen MR) is 114 cm³/mol. The van der Waals surface area contributed by atoms with Crippen molar-refractivity contribution in [3.05, 3.63) is 59.2 Å². The maximum Gasteiger partial charge on any atom is 0.116 e. The van der Waals surface area contributed by atoms with Crippen LogP contribution < -0.4 is 0 Å². The van der Waals surface area contributed by atoms with Gasteiger partial charge in [-0.3, -0.25) is 9.98 Å². The van der Waals surface area contributed by atoms with E-state index in [-0.39, 0.29) is 0 Å². The summed E-state index contributed by atoms with van der Waals surface area (Å²) >= 11 is 1.88. The Morgan fingerprint density at radius 2 is 2.08 bits per heavy atom. The second kappa shape index (κ2) is 9.22. The van der Waals surface area contributed by atoms with Crippen LogP contribution in [0.5, 0.6) is 0 Å². The average Bonchev–Trinajstić information content (AvgIpc) is 2.68. The molecule has 1 unspecified atom stereocenters. The lowest BCUT2D eigenvalue weighted by molar-refractivity contribution is 0.304. The molecule has 0 aromatic heterocycles. The fourth-order valence-electron chi connectivity index (χ4n) is 3.52. The summed E-state index contributed by atoms with van der Waals surface area (Å²) in [6, 6.07) is 0. The third-order valence-electron chi connectivity index (χ3n) is 4.96. The third-order valence-corrected chi connectivity index (χ3v) is 6.04. The van der Waals surface area contributed by atoms with Gasteiger partial charge in [0.25, 0.3) is 0 Å². The number of hydrogen-bond acceptors (Lipinski definition) is 4. The van der Waals surface area contributed by atoms with E-state index in [1.807, 2.05) is 24.8 Å². The van der Waals surface area contributed by atoms with Crippen molar-refractivity contribution in [3.8, 4) is 0 Å². The molecule has 3 aliphatic rings. The molecule has 1 atom stereocenters. The smallest absolute Gasteiger partial charge is 0.116 e. The summed E-state index contributed by atoms with van der Waals surface area (Å²) in [5.41, 5.74) is 4.91. The van der Waals surface area contributed by atoms with Crippen molar-refractivity contribution in [2.75, 3.05) is 12.9 Å². The molecule has 138 valence electrons. The van der Waals surface area contributed by atoms with Crippen LogP contribution in [0.1, 0.15) is 46.0 Å². The van der Waals surface area contributed by atoms with Gasteiger partial charge in [-0.05, 0) is 69.6 Å². The average molecular weight is 369 g/mol. The van der Waals surface area contributed by atoms with Crippen molar-refractivity contribution < 1.29 is 4.74 Å². The molecule has 0 radical (unpaired) electrons. The molecule has 0 fully saturated rings. The number of aliphatic imine (C=N–C) groups is 2. The first kappa shape index (κ1) is 19.0. The van der Waals surface area contributed by atoms with Gasteiger partial charge in [0.05, 0.1) is 12.2 Å². The third kappa shape index (κ3) is 5.10. The number of rotatable bonds is 3. The van der Waals surface area contributed by atoms with Gasteiger partial charge >= 0.3 is 0 Å². The molecule has 1 aliphatic carbocycles. The zero-order chi connectivity index (χ0) is 18.4. The van der Waals surface area contributed by atoms with Crippen molar-refractivity contribution in [2.45, 2.75) is 46.0 Å². The van der Waals surface area contributed by atoms with Crippen molar-refractivity contribution in [2.24, 2.45) is 15.9 Å². The number of ether oxygens (including phenoxy) is 1. The maximum absolute atomic E-state index is 5.36. The SMILES string of the molecule is COC1=CCCC(SCC2=C(C)N=C3C=CC=CCC2CC3)=NC(C)=C1. The van der Waals surface area contributed by atoms with Crippen LogP contribution in [0.2, 0.25) is 0 Å². The molecule has 0 aromatic carbocycles. The van der Waals surface area contributed by atoms with Crippen LogP contribution in [0, 0.1) is 5.92 Å². The Hall–Kier alpha value is -1.81. The van der Waals surface area contributed by atoms with E-state index in [2.05, 4.69) is 37.3 Å². The van der Waals surface area contributed by atoms with Crippen LogP contribution in [-0.2, 0) is 4.74 Å². The van der Waals surface area contributed by atoms with Gasteiger partial charge in [0.15, 0.2) is 0 Å². The summed E-state index contributed by atoms with van der Waals surface area (Å²) in [6.07, 6.45) is 18.2. The molecule has 4 heteroatoms. The Morgan fingerprint density at radius 1 is 1.19 bits per heavy atom. The molecule has 2 aliphatic heterocycles. The van der Waals surface area contributed by atoms with E-state index in [0.717, 1.165) is 42.9 Å². The number of allylic oxidation sites excluding steroid dienone is 8. The lowest BCUT2D eigenvalue weighted by Gasteiger charge is -2.19. The minimum atomic E-state index is 0.589. The molecule has 0 N–H and O–H groups in total. The lowest BCUT2D eigenvalue weighted by atomic mass is 9.91. The van der Waals surface area contributed by atoms with Crippen LogP contribution in [0.25, 0.3) is 0 Å². The number of nitrogens with zero attached hydrogens (tertiary/aromatic N) is 2. The zero-order valence-electron chi connectivity index (χ0n) is 16.0. The van der Waals surface area contributed by atoms with Gasteiger partial charge in [-0.25, -0.2) is 0 Å². The number of thioether (sulfide) groups is 1. The highest BCUT2D eigenvalue weighted by Gasteiger charge is 2.21. The van der Waals surface area contributed by atoms with Crippen LogP contribution in [0.3, 0.4) is 0 Å². The van der Waals surface area contributed by atoms with Gasteiger partial charge in [-0.1, -0.05) is 18.2 Å². The van der Waals surface area contributed by atoms with Crippen molar-refractivity contribution >= 4 is 22.5 Å². The van der Waals surface area contributed by atoms with Gasteiger partial charge in [0.1, 0.15) is 5.76 Å². The first-order chi connectivity index (χ1) is 12.7.